The number of anilines is 1. The Bertz CT molecular complexity index is 947. The van der Waals surface area contributed by atoms with E-state index >= 15 is 0 Å². The molecule has 146 valence electrons. The Morgan fingerprint density at radius 1 is 1.04 bits per heavy atom. The number of nitrogens with zero attached hydrogens (tertiary/aromatic N) is 5. The average Bonchev–Trinajstić information content (AvgIpc) is 2.94. The maximum atomic E-state index is 13.1. The molecule has 0 unspecified atom stereocenters. The molecule has 0 radical (unpaired) electrons. The average molecular weight is 382 g/mol. The first-order chi connectivity index (χ1) is 13.7. The second-order valence-corrected chi connectivity index (χ2v) is 7.04. The number of aromatic nitrogens is 4. The van der Waals surface area contributed by atoms with Crippen LogP contribution in [0.1, 0.15) is 36.0 Å². The van der Waals surface area contributed by atoms with Gasteiger partial charge in [0, 0.05) is 12.1 Å². The van der Waals surface area contributed by atoms with Gasteiger partial charge >= 0.3 is 0 Å². The summed E-state index contributed by atoms with van der Waals surface area (Å²) in [5, 5.41) is 7.90. The summed E-state index contributed by atoms with van der Waals surface area (Å²) in [5.41, 5.74) is 1.06. The van der Waals surface area contributed by atoms with Gasteiger partial charge in [-0.3, -0.25) is 4.79 Å². The first kappa shape index (κ1) is 18.5. The van der Waals surface area contributed by atoms with Crippen LogP contribution in [0.5, 0.6) is 0 Å². The molecule has 0 atom stereocenters. The first-order valence-corrected chi connectivity index (χ1v) is 9.66. The third-order valence-electron chi connectivity index (χ3n) is 5.10. The summed E-state index contributed by atoms with van der Waals surface area (Å²) in [6, 6.07) is 5.39. The van der Waals surface area contributed by atoms with Crippen LogP contribution in [0.25, 0.3) is 11.0 Å². The van der Waals surface area contributed by atoms with Crippen LogP contribution in [0.15, 0.2) is 36.8 Å². The van der Waals surface area contributed by atoms with Crippen molar-refractivity contribution < 1.29 is 9.18 Å². The fourth-order valence-electron chi connectivity index (χ4n) is 3.53. The molecule has 1 aliphatic heterocycles. The number of rotatable bonds is 5. The lowest BCUT2D eigenvalue weighted by Crippen LogP contribution is -2.28. The van der Waals surface area contributed by atoms with Crippen LogP contribution < -0.4 is 5.32 Å². The second-order valence-electron chi connectivity index (χ2n) is 7.04. The number of carbonyl (C=O) groups is 1. The number of amides is 1. The van der Waals surface area contributed by atoms with Gasteiger partial charge in [-0.1, -0.05) is 12.8 Å². The first-order valence-electron chi connectivity index (χ1n) is 9.66. The standard InChI is InChI=1S/C20H23FN6O/c21-16-7-5-15(6-8-16)20(28)25-18-17-13-24-27(19(17)23-14-22-18)12-11-26-9-3-1-2-4-10-26/h5-8,13-14H,1-4,9-12H2,(H,22,23,25,28). The summed E-state index contributed by atoms with van der Waals surface area (Å²) < 4.78 is 14.9. The number of benzene rings is 1. The van der Waals surface area contributed by atoms with Crippen LogP contribution in [0.2, 0.25) is 0 Å². The van der Waals surface area contributed by atoms with E-state index in [9.17, 15) is 9.18 Å². The van der Waals surface area contributed by atoms with Crippen molar-refractivity contribution in [2.45, 2.75) is 32.2 Å². The molecule has 28 heavy (non-hydrogen) atoms. The molecule has 0 bridgehead atoms. The van der Waals surface area contributed by atoms with E-state index < -0.39 is 0 Å². The molecule has 1 saturated heterocycles. The lowest BCUT2D eigenvalue weighted by Gasteiger charge is -2.19. The highest BCUT2D eigenvalue weighted by molar-refractivity contribution is 6.07. The molecule has 1 N–H and O–H groups in total. The normalized spacial score (nSPS) is 15.5. The third-order valence-corrected chi connectivity index (χ3v) is 5.10. The largest absolute Gasteiger partial charge is 0.306 e. The van der Waals surface area contributed by atoms with Crippen LogP contribution >= 0.6 is 0 Å². The Hall–Kier alpha value is -2.87. The lowest BCUT2D eigenvalue weighted by atomic mass is 10.2. The van der Waals surface area contributed by atoms with Crippen molar-refractivity contribution in [3.63, 3.8) is 0 Å². The van der Waals surface area contributed by atoms with E-state index in [1.54, 1.807) is 6.20 Å². The Morgan fingerprint density at radius 3 is 2.54 bits per heavy atom. The quantitative estimate of drug-likeness (QED) is 0.734. The summed E-state index contributed by atoms with van der Waals surface area (Å²) in [6.07, 6.45) is 8.23. The molecule has 3 heterocycles. The van der Waals surface area contributed by atoms with Crippen molar-refractivity contribution in [3.05, 3.63) is 48.2 Å². The highest BCUT2D eigenvalue weighted by Crippen LogP contribution is 2.20. The Kier molecular flexibility index (Phi) is 5.57. The van der Waals surface area contributed by atoms with E-state index in [1.807, 2.05) is 4.68 Å². The fraction of sp³-hybridized carbons (Fsp3) is 0.400. The zero-order chi connectivity index (χ0) is 19.3. The Morgan fingerprint density at radius 2 is 1.79 bits per heavy atom. The number of fused-ring (bicyclic) bond motifs is 1. The molecular formula is C20H23FN6O. The number of likely N-dealkylation sites (tertiary alicyclic amines) is 1. The van der Waals surface area contributed by atoms with Crippen LogP contribution in [0.4, 0.5) is 10.2 Å². The predicted octanol–water partition coefficient (Wildman–Crippen LogP) is 3.09. The number of halogens is 1. The smallest absolute Gasteiger partial charge is 0.256 e. The summed E-state index contributed by atoms with van der Waals surface area (Å²) in [6.45, 7) is 3.93. The van der Waals surface area contributed by atoms with Crippen molar-refractivity contribution in [2.75, 3.05) is 25.0 Å². The zero-order valence-electron chi connectivity index (χ0n) is 15.6. The highest BCUT2D eigenvalue weighted by atomic mass is 19.1. The molecule has 1 fully saturated rings. The van der Waals surface area contributed by atoms with Gasteiger partial charge in [0.15, 0.2) is 5.65 Å². The van der Waals surface area contributed by atoms with E-state index in [-0.39, 0.29) is 11.7 Å². The van der Waals surface area contributed by atoms with Crippen molar-refractivity contribution in [3.8, 4) is 0 Å². The lowest BCUT2D eigenvalue weighted by molar-refractivity contribution is 0.102. The van der Waals surface area contributed by atoms with E-state index in [2.05, 4.69) is 25.3 Å². The minimum atomic E-state index is -0.383. The van der Waals surface area contributed by atoms with Gasteiger partial charge in [0.1, 0.15) is 18.0 Å². The van der Waals surface area contributed by atoms with Crippen molar-refractivity contribution >= 4 is 22.8 Å². The molecule has 8 heteroatoms. The number of hydrogen-bond donors (Lipinski definition) is 1. The third kappa shape index (κ3) is 4.17. The maximum absolute atomic E-state index is 13.1. The van der Waals surface area contributed by atoms with Crippen LogP contribution in [-0.4, -0.2) is 50.2 Å². The Balaban J connectivity index is 1.48. The number of carbonyl (C=O) groups excluding carboxylic acids is 1. The molecule has 7 nitrogen and oxygen atoms in total. The molecule has 1 aliphatic rings. The Labute approximate surface area is 162 Å². The van der Waals surface area contributed by atoms with Crippen molar-refractivity contribution in [2.24, 2.45) is 0 Å². The predicted molar refractivity (Wildman–Crippen MR) is 105 cm³/mol. The van der Waals surface area contributed by atoms with Gasteiger partial charge in [0.05, 0.1) is 18.1 Å². The monoisotopic (exact) mass is 382 g/mol. The van der Waals surface area contributed by atoms with Gasteiger partial charge in [-0.25, -0.2) is 19.0 Å². The molecule has 3 aromatic rings. The fourth-order valence-corrected chi connectivity index (χ4v) is 3.53. The van der Waals surface area contributed by atoms with E-state index in [1.165, 1.54) is 56.3 Å². The summed E-state index contributed by atoms with van der Waals surface area (Å²) in [4.78, 5) is 23.4. The van der Waals surface area contributed by atoms with Gasteiger partial charge < -0.3 is 10.2 Å². The zero-order valence-corrected chi connectivity index (χ0v) is 15.6. The van der Waals surface area contributed by atoms with Gasteiger partial charge in [-0.15, -0.1) is 0 Å². The van der Waals surface area contributed by atoms with Gasteiger partial charge in [0.2, 0.25) is 0 Å². The SMILES string of the molecule is O=C(Nc1ncnc2c1cnn2CCN1CCCCCC1)c1ccc(F)cc1. The van der Waals surface area contributed by atoms with Crippen molar-refractivity contribution in [1.29, 1.82) is 0 Å². The van der Waals surface area contributed by atoms with E-state index in [0.29, 0.717) is 22.4 Å². The molecule has 0 spiro atoms. The maximum Gasteiger partial charge on any atom is 0.256 e. The minimum absolute atomic E-state index is 0.350. The highest BCUT2D eigenvalue weighted by Gasteiger charge is 2.15. The van der Waals surface area contributed by atoms with E-state index in [0.717, 1.165) is 26.2 Å². The molecule has 0 saturated carbocycles. The van der Waals surface area contributed by atoms with Crippen LogP contribution in [-0.2, 0) is 6.54 Å². The summed E-state index contributed by atoms with van der Waals surface area (Å²) >= 11 is 0. The second kappa shape index (κ2) is 8.43. The van der Waals surface area contributed by atoms with E-state index in [4.69, 9.17) is 0 Å². The van der Waals surface area contributed by atoms with Crippen LogP contribution in [0.3, 0.4) is 0 Å². The number of hydrogen-bond acceptors (Lipinski definition) is 5. The van der Waals surface area contributed by atoms with Gasteiger partial charge in [-0.2, -0.15) is 5.10 Å². The molecule has 4 rings (SSSR count). The van der Waals surface area contributed by atoms with Crippen molar-refractivity contribution in [1.82, 2.24) is 24.6 Å². The minimum Gasteiger partial charge on any atom is -0.306 e. The summed E-state index contributed by atoms with van der Waals surface area (Å²) in [7, 11) is 0. The molecule has 0 aliphatic carbocycles. The molecule has 1 amide bonds. The summed E-state index contributed by atoms with van der Waals surface area (Å²) in [5.74, 6) is -0.329. The molecule has 1 aromatic carbocycles. The number of nitrogens with one attached hydrogen (secondary N) is 1. The topological polar surface area (TPSA) is 75.9 Å². The van der Waals surface area contributed by atoms with Gasteiger partial charge in [0.25, 0.3) is 5.91 Å². The van der Waals surface area contributed by atoms with Crippen LogP contribution in [0, 0.1) is 5.82 Å². The molecule has 2 aromatic heterocycles. The molecular weight excluding hydrogens is 359 g/mol. The van der Waals surface area contributed by atoms with Gasteiger partial charge in [-0.05, 0) is 50.2 Å².